The first kappa shape index (κ1) is 12.3. The van der Waals surface area contributed by atoms with Crippen molar-refractivity contribution in [1.29, 1.82) is 0 Å². The van der Waals surface area contributed by atoms with Gasteiger partial charge in [0.2, 0.25) is 0 Å². The van der Waals surface area contributed by atoms with Crippen LogP contribution in [0.5, 0.6) is 0 Å². The fourth-order valence-electron chi connectivity index (χ4n) is 1.87. The van der Waals surface area contributed by atoms with Crippen molar-refractivity contribution < 1.29 is 0 Å². The molecule has 2 rings (SSSR count). The molecule has 0 amide bonds. The summed E-state index contributed by atoms with van der Waals surface area (Å²) in [6.07, 6.45) is 2.62. The maximum atomic E-state index is 4.15. The predicted molar refractivity (Wildman–Crippen MR) is 71.9 cm³/mol. The van der Waals surface area contributed by atoms with Crippen LogP contribution < -0.4 is 0 Å². The Hall–Kier alpha value is -1.16. The smallest absolute Gasteiger partial charge is 0.133 e. The summed E-state index contributed by atoms with van der Waals surface area (Å²) < 4.78 is 3.08. The first-order valence-electron chi connectivity index (χ1n) is 5.58. The maximum Gasteiger partial charge on any atom is 0.133 e. The summed E-state index contributed by atoms with van der Waals surface area (Å²) in [5.74, 6) is 1.01. The zero-order valence-electron chi connectivity index (χ0n) is 10.3. The van der Waals surface area contributed by atoms with Gasteiger partial charge in [-0.25, -0.2) is 0 Å². The Kier molecular flexibility index (Phi) is 3.33. The second kappa shape index (κ2) is 4.61. The Balaban J connectivity index is 2.27. The van der Waals surface area contributed by atoms with Crippen LogP contribution in [0, 0.1) is 0 Å². The van der Waals surface area contributed by atoms with Crippen LogP contribution in [0.2, 0.25) is 0 Å². The van der Waals surface area contributed by atoms with Crippen LogP contribution in [0.4, 0.5) is 0 Å². The SMILES string of the molecule is Cn1cnnc1CC(C)(C)c1cccc(Br)c1. The average molecular weight is 294 g/mol. The van der Waals surface area contributed by atoms with Crippen molar-refractivity contribution in [3.05, 3.63) is 46.5 Å². The van der Waals surface area contributed by atoms with Gasteiger partial charge in [0.05, 0.1) is 0 Å². The molecule has 0 aliphatic heterocycles. The highest BCUT2D eigenvalue weighted by molar-refractivity contribution is 9.10. The molecule has 2 aromatic rings. The van der Waals surface area contributed by atoms with Crippen molar-refractivity contribution in [3.63, 3.8) is 0 Å². The minimum Gasteiger partial charge on any atom is -0.321 e. The van der Waals surface area contributed by atoms with Gasteiger partial charge >= 0.3 is 0 Å². The lowest BCUT2D eigenvalue weighted by Crippen LogP contribution is -2.22. The molecule has 0 unspecified atom stereocenters. The van der Waals surface area contributed by atoms with Crippen molar-refractivity contribution in [2.75, 3.05) is 0 Å². The summed E-state index contributed by atoms with van der Waals surface area (Å²) >= 11 is 3.51. The van der Waals surface area contributed by atoms with Crippen molar-refractivity contribution in [2.45, 2.75) is 25.7 Å². The minimum atomic E-state index is 0.0462. The maximum absolute atomic E-state index is 4.15. The molecule has 0 radical (unpaired) electrons. The van der Waals surface area contributed by atoms with Gasteiger partial charge in [0.25, 0.3) is 0 Å². The van der Waals surface area contributed by atoms with Crippen molar-refractivity contribution in [1.82, 2.24) is 14.8 Å². The van der Waals surface area contributed by atoms with Crippen LogP contribution in [0.1, 0.15) is 25.2 Å². The lowest BCUT2D eigenvalue weighted by molar-refractivity contribution is 0.497. The summed E-state index contributed by atoms with van der Waals surface area (Å²) in [6.45, 7) is 4.45. The molecule has 1 heterocycles. The Morgan fingerprint density at radius 3 is 2.71 bits per heavy atom. The predicted octanol–water partition coefficient (Wildman–Crippen LogP) is 3.10. The van der Waals surface area contributed by atoms with Gasteiger partial charge in [0.15, 0.2) is 0 Å². The van der Waals surface area contributed by atoms with Gasteiger partial charge in [-0.15, -0.1) is 10.2 Å². The topological polar surface area (TPSA) is 30.7 Å². The lowest BCUT2D eigenvalue weighted by atomic mass is 9.81. The number of halogens is 1. The van der Waals surface area contributed by atoms with E-state index in [0.29, 0.717) is 0 Å². The standard InChI is InChI=1S/C13H16BrN3/c1-13(2,8-12-16-15-9-17(12)3)10-5-4-6-11(14)7-10/h4-7,9H,8H2,1-3H3. The average Bonchev–Trinajstić information content (AvgIpc) is 2.64. The molecular weight excluding hydrogens is 278 g/mol. The third-order valence-electron chi connectivity index (χ3n) is 3.01. The van der Waals surface area contributed by atoms with E-state index < -0.39 is 0 Å². The van der Waals surface area contributed by atoms with E-state index in [1.165, 1.54) is 5.56 Å². The Morgan fingerprint density at radius 2 is 2.12 bits per heavy atom. The number of aromatic nitrogens is 3. The first-order chi connectivity index (χ1) is 7.99. The molecular formula is C13H16BrN3. The molecule has 0 atom stereocenters. The largest absolute Gasteiger partial charge is 0.321 e. The van der Waals surface area contributed by atoms with E-state index in [4.69, 9.17) is 0 Å². The second-order valence-corrected chi connectivity index (χ2v) is 5.84. The second-order valence-electron chi connectivity index (χ2n) is 4.93. The fourth-order valence-corrected chi connectivity index (χ4v) is 2.27. The summed E-state index contributed by atoms with van der Waals surface area (Å²) in [5.41, 5.74) is 1.35. The number of aryl methyl sites for hydroxylation is 1. The third-order valence-corrected chi connectivity index (χ3v) is 3.50. The molecule has 17 heavy (non-hydrogen) atoms. The zero-order chi connectivity index (χ0) is 12.5. The van der Waals surface area contributed by atoms with E-state index in [1.54, 1.807) is 6.33 Å². The summed E-state index contributed by atoms with van der Waals surface area (Å²) in [7, 11) is 1.98. The van der Waals surface area contributed by atoms with Crippen molar-refractivity contribution >= 4 is 15.9 Å². The molecule has 1 aromatic carbocycles. The molecule has 0 aliphatic carbocycles. The molecule has 0 bridgehead atoms. The molecule has 0 saturated heterocycles. The van der Waals surface area contributed by atoms with Crippen LogP contribution in [-0.4, -0.2) is 14.8 Å². The van der Waals surface area contributed by atoms with Crippen molar-refractivity contribution in [3.8, 4) is 0 Å². The normalized spacial score (nSPS) is 11.8. The lowest BCUT2D eigenvalue weighted by Gasteiger charge is -2.24. The molecule has 0 spiro atoms. The van der Waals surface area contributed by atoms with Crippen LogP contribution in [0.3, 0.4) is 0 Å². The summed E-state index contributed by atoms with van der Waals surface area (Å²) in [6, 6.07) is 8.43. The van der Waals surface area contributed by atoms with Crippen LogP contribution >= 0.6 is 15.9 Å². The van der Waals surface area contributed by atoms with Crippen LogP contribution in [0.15, 0.2) is 35.1 Å². The molecule has 3 nitrogen and oxygen atoms in total. The van der Waals surface area contributed by atoms with E-state index in [0.717, 1.165) is 16.7 Å². The van der Waals surface area contributed by atoms with E-state index in [-0.39, 0.29) is 5.41 Å². The van der Waals surface area contributed by atoms with Gasteiger partial charge in [0, 0.05) is 17.9 Å². The molecule has 0 N–H and O–H groups in total. The Labute approximate surface area is 110 Å². The van der Waals surface area contributed by atoms with Gasteiger partial charge in [-0.2, -0.15) is 0 Å². The molecule has 0 aliphatic rings. The van der Waals surface area contributed by atoms with Gasteiger partial charge < -0.3 is 4.57 Å². The van der Waals surface area contributed by atoms with E-state index >= 15 is 0 Å². The molecule has 90 valence electrons. The number of rotatable bonds is 3. The highest BCUT2D eigenvalue weighted by Crippen LogP contribution is 2.28. The quantitative estimate of drug-likeness (QED) is 0.871. The van der Waals surface area contributed by atoms with E-state index in [2.05, 4.69) is 58.2 Å². The number of nitrogens with zero attached hydrogens (tertiary/aromatic N) is 3. The third kappa shape index (κ3) is 2.75. The van der Waals surface area contributed by atoms with Gasteiger partial charge in [-0.1, -0.05) is 41.9 Å². The highest BCUT2D eigenvalue weighted by atomic mass is 79.9. The summed E-state index contributed by atoms with van der Waals surface area (Å²) in [5, 5.41) is 8.07. The first-order valence-corrected chi connectivity index (χ1v) is 6.37. The molecule has 4 heteroatoms. The Bertz CT molecular complexity index is 517. The van der Waals surface area contributed by atoms with Crippen molar-refractivity contribution in [2.24, 2.45) is 7.05 Å². The van der Waals surface area contributed by atoms with Crippen LogP contribution in [-0.2, 0) is 18.9 Å². The number of hydrogen-bond donors (Lipinski definition) is 0. The van der Waals surface area contributed by atoms with E-state index in [1.807, 2.05) is 17.7 Å². The van der Waals surface area contributed by atoms with Gasteiger partial charge in [-0.3, -0.25) is 0 Å². The van der Waals surface area contributed by atoms with Gasteiger partial charge in [-0.05, 0) is 23.1 Å². The minimum absolute atomic E-state index is 0.0462. The zero-order valence-corrected chi connectivity index (χ0v) is 11.9. The molecule has 1 aromatic heterocycles. The fraction of sp³-hybridized carbons (Fsp3) is 0.385. The monoisotopic (exact) mass is 293 g/mol. The van der Waals surface area contributed by atoms with Crippen LogP contribution in [0.25, 0.3) is 0 Å². The number of hydrogen-bond acceptors (Lipinski definition) is 2. The Morgan fingerprint density at radius 1 is 1.35 bits per heavy atom. The van der Waals surface area contributed by atoms with E-state index in [9.17, 15) is 0 Å². The molecule has 0 saturated carbocycles. The molecule has 0 fully saturated rings. The highest BCUT2D eigenvalue weighted by Gasteiger charge is 2.23. The number of benzene rings is 1. The summed E-state index contributed by atoms with van der Waals surface area (Å²) in [4.78, 5) is 0. The van der Waals surface area contributed by atoms with Gasteiger partial charge in [0.1, 0.15) is 12.2 Å².